The number of aryl methyl sites for hydroxylation is 1. The fourth-order valence-electron chi connectivity index (χ4n) is 5.38. The Balaban J connectivity index is 1.62. The summed E-state index contributed by atoms with van der Waals surface area (Å²) >= 11 is 3.54. The maximum Gasteiger partial charge on any atom is 0.0713 e. The number of hydrogen-bond acceptors (Lipinski definition) is 0. The zero-order chi connectivity index (χ0) is 22.4. The Morgan fingerprint density at radius 1 is 0.485 bits per heavy atom. The van der Waals surface area contributed by atoms with E-state index in [0.29, 0.717) is 0 Å². The fourth-order valence-corrected chi connectivity index (χ4v) is 5.65. The van der Waals surface area contributed by atoms with Crippen molar-refractivity contribution in [1.82, 2.24) is 0 Å². The van der Waals surface area contributed by atoms with Crippen molar-refractivity contribution >= 4 is 15.9 Å². The Morgan fingerprint density at radius 2 is 0.909 bits per heavy atom. The third kappa shape index (κ3) is 3.11. The van der Waals surface area contributed by atoms with E-state index >= 15 is 0 Å². The predicted molar refractivity (Wildman–Crippen MR) is 142 cm³/mol. The van der Waals surface area contributed by atoms with Crippen LogP contribution in [0.25, 0.3) is 22.3 Å². The molecule has 1 heteroatoms. The van der Waals surface area contributed by atoms with E-state index in [1.54, 1.807) is 0 Å². The van der Waals surface area contributed by atoms with Crippen molar-refractivity contribution in [2.45, 2.75) is 12.3 Å². The Bertz CT molecular complexity index is 1400. The van der Waals surface area contributed by atoms with Gasteiger partial charge in [-0.1, -0.05) is 131 Å². The molecular weight excluding hydrogens is 464 g/mol. The standard InChI is InChI=1S/C32H23Br/c1-22-10-16-25(17-11-22)32(26-18-12-23(13-19-26)24-14-20-27(33)21-15-24)30-8-4-2-6-28(30)29-7-3-5-9-31(29)32/h2-21H,1H3. The molecule has 1 aliphatic rings. The van der Waals surface area contributed by atoms with E-state index in [9.17, 15) is 0 Å². The van der Waals surface area contributed by atoms with Crippen molar-refractivity contribution in [1.29, 1.82) is 0 Å². The van der Waals surface area contributed by atoms with Gasteiger partial charge in [-0.2, -0.15) is 0 Å². The summed E-state index contributed by atoms with van der Waals surface area (Å²) in [5.41, 5.74) is 11.4. The monoisotopic (exact) mass is 486 g/mol. The zero-order valence-electron chi connectivity index (χ0n) is 18.4. The quantitative estimate of drug-likeness (QED) is 0.234. The maximum atomic E-state index is 3.54. The van der Waals surface area contributed by atoms with E-state index in [1.165, 1.54) is 50.1 Å². The second kappa shape index (κ2) is 7.86. The van der Waals surface area contributed by atoms with Crippen LogP contribution in [0.2, 0.25) is 0 Å². The molecule has 5 aromatic carbocycles. The van der Waals surface area contributed by atoms with Gasteiger partial charge in [-0.05, 0) is 63.6 Å². The molecule has 0 amide bonds. The number of rotatable bonds is 3. The molecule has 0 aliphatic heterocycles. The van der Waals surface area contributed by atoms with Gasteiger partial charge in [0.05, 0.1) is 5.41 Å². The molecule has 0 unspecified atom stereocenters. The van der Waals surface area contributed by atoms with Crippen LogP contribution >= 0.6 is 15.9 Å². The van der Waals surface area contributed by atoms with Crippen LogP contribution in [0.5, 0.6) is 0 Å². The highest BCUT2D eigenvalue weighted by Gasteiger charge is 2.45. The molecule has 0 saturated carbocycles. The number of fused-ring (bicyclic) bond motifs is 3. The summed E-state index contributed by atoms with van der Waals surface area (Å²) in [7, 11) is 0. The first-order chi connectivity index (χ1) is 16.2. The van der Waals surface area contributed by atoms with Crippen molar-refractivity contribution in [3.05, 3.63) is 154 Å². The lowest BCUT2D eigenvalue weighted by Crippen LogP contribution is -2.28. The first-order valence-corrected chi connectivity index (χ1v) is 12.1. The molecule has 1 aliphatic carbocycles. The molecule has 158 valence electrons. The van der Waals surface area contributed by atoms with E-state index in [-0.39, 0.29) is 5.41 Å². The predicted octanol–water partition coefficient (Wildman–Crippen LogP) is 8.79. The molecule has 0 radical (unpaired) electrons. The maximum absolute atomic E-state index is 3.54. The van der Waals surface area contributed by atoms with Gasteiger partial charge in [0.15, 0.2) is 0 Å². The summed E-state index contributed by atoms with van der Waals surface area (Å²) in [5.74, 6) is 0. The molecule has 0 bridgehead atoms. The van der Waals surface area contributed by atoms with Crippen molar-refractivity contribution in [2.75, 3.05) is 0 Å². The van der Waals surface area contributed by atoms with Gasteiger partial charge in [-0.15, -0.1) is 0 Å². The normalized spacial score (nSPS) is 13.4. The zero-order valence-corrected chi connectivity index (χ0v) is 20.0. The van der Waals surface area contributed by atoms with Crippen LogP contribution in [0.3, 0.4) is 0 Å². The van der Waals surface area contributed by atoms with Crippen LogP contribution < -0.4 is 0 Å². The molecular formula is C32H23Br. The lowest BCUT2D eigenvalue weighted by Gasteiger charge is -2.34. The molecule has 0 atom stereocenters. The lowest BCUT2D eigenvalue weighted by molar-refractivity contribution is 0.768. The molecule has 0 spiro atoms. The minimum Gasteiger partial charge on any atom is -0.0619 e. The summed E-state index contributed by atoms with van der Waals surface area (Å²) in [6.45, 7) is 2.15. The molecule has 0 fully saturated rings. The lowest BCUT2D eigenvalue weighted by atomic mass is 9.67. The largest absolute Gasteiger partial charge is 0.0713 e. The third-order valence-corrected chi connectivity index (χ3v) is 7.46. The summed E-state index contributed by atoms with van der Waals surface area (Å²) in [6, 6.07) is 44.5. The van der Waals surface area contributed by atoms with Gasteiger partial charge in [-0.3, -0.25) is 0 Å². The van der Waals surface area contributed by atoms with Crippen molar-refractivity contribution < 1.29 is 0 Å². The minimum absolute atomic E-state index is 0.334. The van der Waals surface area contributed by atoms with Crippen molar-refractivity contribution in [3.8, 4) is 22.3 Å². The highest BCUT2D eigenvalue weighted by Crippen LogP contribution is 2.56. The van der Waals surface area contributed by atoms with E-state index < -0.39 is 0 Å². The van der Waals surface area contributed by atoms with Crippen molar-refractivity contribution in [3.63, 3.8) is 0 Å². The van der Waals surface area contributed by atoms with Gasteiger partial charge in [0.2, 0.25) is 0 Å². The van der Waals surface area contributed by atoms with Gasteiger partial charge in [-0.25, -0.2) is 0 Å². The van der Waals surface area contributed by atoms with Gasteiger partial charge in [0.1, 0.15) is 0 Å². The Labute approximate surface area is 203 Å². The molecule has 33 heavy (non-hydrogen) atoms. The molecule has 0 heterocycles. The topological polar surface area (TPSA) is 0 Å². The first kappa shape index (κ1) is 20.2. The summed E-state index contributed by atoms with van der Waals surface area (Å²) in [6.07, 6.45) is 0. The Morgan fingerprint density at radius 3 is 1.42 bits per heavy atom. The highest BCUT2D eigenvalue weighted by atomic mass is 79.9. The van der Waals surface area contributed by atoms with Gasteiger partial charge in [0, 0.05) is 4.47 Å². The van der Waals surface area contributed by atoms with Crippen LogP contribution in [0.15, 0.2) is 126 Å². The second-order valence-corrected chi connectivity index (χ2v) is 9.71. The summed E-state index contributed by atoms with van der Waals surface area (Å²) < 4.78 is 1.10. The van der Waals surface area contributed by atoms with E-state index in [2.05, 4.69) is 144 Å². The van der Waals surface area contributed by atoms with Crippen LogP contribution in [0.4, 0.5) is 0 Å². The SMILES string of the molecule is Cc1ccc(C2(c3ccc(-c4ccc(Br)cc4)cc3)c3ccccc3-c3ccccc32)cc1. The fraction of sp³-hybridized carbons (Fsp3) is 0.0625. The smallest absolute Gasteiger partial charge is 0.0619 e. The van der Waals surface area contributed by atoms with Gasteiger partial charge in [0.25, 0.3) is 0 Å². The average Bonchev–Trinajstić information content (AvgIpc) is 3.17. The van der Waals surface area contributed by atoms with E-state index in [0.717, 1.165) is 4.47 Å². The number of hydrogen-bond donors (Lipinski definition) is 0. The van der Waals surface area contributed by atoms with Gasteiger partial charge < -0.3 is 0 Å². The molecule has 0 N–H and O–H groups in total. The Kier molecular flexibility index (Phi) is 4.81. The molecule has 5 aromatic rings. The van der Waals surface area contributed by atoms with Crippen LogP contribution in [0, 0.1) is 6.92 Å². The summed E-state index contributed by atoms with van der Waals surface area (Å²) in [4.78, 5) is 0. The van der Waals surface area contributed by atoms with Crippen molar-refractivity contribution in [2.24, 2.45) is 0 Å². The molecule has 0 aromatic heterocycles. The highest BCUT2D eigenvalue weighted by molar-refractivity contribution is 9.10. The Hall–Kier alpha value is -3.42. The molecule has 0 nitrogen and oxygen atoms in total. The number of halogens is 1. The molecule has 0 saturated heterocycles. The first-order valence-electron chi connectivity index (χ1n) is 11.3. The van der Waals surface area contributed by atoms with E-state index in [4.69, 9.17) is 0 Å². The molecule has 6 rings (SSSR count). The van der Waals surface area contributed by atoms with E-state index in [1.807, 2.05) is 0 Å². The summed E-state index contributed by atoms with van der Waals surface area (Å²) in [5, 5.41) is 0. The number of benzene rings is 5. The average molecular weight is 487 g/mol. The second-order valence-electron chi connectivity index (χ2n) is 8.79. The van der Waals surface area contributed by atoms with Gasteiger partial charge >= 0.3 is 0 Å². The van der Waals surface area contributed by atoms with Crippen LogP contribution in [0.1, 0.15) is 27.8 Å². The third-order valence-electron chi connectivity index (χ3n) is 6.93. The minimum atomic E-state index is -0.334. The van der Waals surface area contributed by atoms with Crippen LogP contribution in [-0.2, 0) is 5.41 Å². The van der Waals surface area contributed by atoms with Crippen LogP contribution in [-0.4, -0.2) is 0 Å².